The molecule has 4 aromatic rings. The van der Waals surface area contributed by atoms with Crippen molar-refractivity contribution in [2.24, 2.45) is 0 Å². The maximum Gasteiger partial charge on any atom is 0.294 e. The summed E-state index contributed by atoms with van der Waals surface area (Å²) in [6.45, 7) is 1.84. The second-order valence-electron chi connectivity index (χ2n) is 7.54. The van der Waals surface area contributed by atoms with Gasteiger partial charge in [0.15, 0.2) is 0 Å². The molecule has 8 heteroatoms. The van der Waals surface area contributed by atoms with Gasteiger partial charge in [-0.15, -0.1) is 9.24 Å². The van der Waals surface area contributed by atoms with Crippen LogP contribution in [0.5, 0.6) is 0 Å². The molecule has 0 radical (unpaired) electrons. The molecule has 0 fully saturated rings. The Kier molecular flexibility index (Phi) is 8.81. The van der Waals surface area contributed by atoms with Crippen molar-refractivity contribution in [3.63, 3.8) is 0 Å². The fourth-order valence-electron chi connectivity index (χ4n) is 3.49. The monoisotopic (exact) mass is 550 g/mol. The third-order valence-corrected chi connectivity index (χ3v) is 8.00. The Hall–Kier alpha value is -1.91. The normalized spacial score (nSPS) is 11.5. The number of rotatable bonds is 4. The first-order chi connectivity index (χ1) is 16.0. The molecule has 0 saturated heterocycles. The quantitative estimate of drug-likeness (QED) is 0.159. The van der Waals surface area contributed by atoms with Gasteiger partial charge in [0.2, 0.25) is 0 Å². The molecule has 4 aromatic carbocycles. The Morgan fingerprint density at radius 3 is 1.26 bits per heavy atom. The minimum atomic E-state index is -4.02. The highest BCUT2D eigenvalue weighted by Gasteiger charge is 2.36. The number of halogens is 3. The van der Waals surface area contributed by atoms with E-state index < -0.39 is 15.3 Å². The Morgan fingerprint density at radius 2 is 0.971 bits per heavy atom. The van der Waals surface area contributed by atoms with Crippen molar-refractivity contribution in [3.8, 4) is 0 Å². The molecule has 0 aliphatic rings. The molecular weight excluding hydrogens is 530 g/mol. The van der Waals surface area contributed by atoms with Crippen LogP contribution in [0, 0.1) is 6.92 Å². The Morgan fingerprint density at radius 1 is 0.647 bits per heavy atom. The van der Waals surface area contributed by atoms with Gasteiger partial charge in [-0.25, -0.2) is 0 Å². The maximum atomic E-state index is 10.5. The second kappa shape index (κ2) is 11.2. The van der Waals surface area contributed by atoms with Gasteiger partial charge in [-0.1, -0.05) is 107 Å². The summed E-state index contributed by atoms with van der Waals surface area (Å²) in [4.78, 5) is -0.0666. The van der Waals surface area contributed by atoms with Crippen LogP contribution in [0.2, 0.25) is 15.1 Å². The van der Waals surface area contributed by atoms with Gasteiger partial charge in [0.1, 0.15) is 0 Å². The van der Waals surface area contributed by atoms with Gasteiger partial charge in [0, 0.05) is 15.1 Å². The molecule has 1 atom stereocenters. The average molecular weight is 552 g/mol. The summed E-state index contributed by atoms with van der Waals surface area (Å²) < 4.78 is 29.6. The highest BCUT2D eigenvalue weighted by Crippen LogP contribution is 2.51. The van der Waals surface area contributed by atoms with Crippen LogP contribution in [0.25, 0.3) is 0 Å². The predicted octanol–water partition coefficient (Wildman–Crippen LogP) is 8.06. The molecule has 0 amide bonds. The first-order valence-electron chi connectivity index (χ1n) is 10.1. The van der Waals surface area contributed by atoms with E-state index in [1.54, 1.807) is 12.1 Å². The lowest BCUT2D eigenvalue weighted by Gasteiger charge is -2.33. The molecule has 34 heavy (non-hydrogen) atoms. The molecule has 0 heterocycles. The molecule has 0 saturated carbocycles. The molecule has 3 nitrogen and oxygen atoms in total. The fraction of sp³-hybridized carbons (Fsp3) is 0.0769. The van der Waals surface area contributed by atoms with E-state index in [1.807, 2.05) is 79.7 Å². The van der Waals surface area contributed by atoms with Crippen molar-refractivity contribution in [1.29, 1.82) is 0 Å². The van der Waals surface area contributed by atoms with Crippen molar-refractivity contribution >= 4 is 54.2 Å². The van der Waals surface area contributed by atoms with Gasteiger partial charge < -0.3 is 0 Å². The molecule has 0 aliphatic carbocycles. The van der Waals surface area contributed by atoms with E-state index in [4.69, 9.17) is 39.4 Å². The topological polar surface area (TPSA) is 54.4 Å². The van der Waals surface area contributed by atoms with Crippen LogP contribution < -0.4 is 0 Å². The first-order valence-corrected chi connectivity index (χ1v) is 13.3. The van der Waals surface area contributed by atoms with Crippen molar-refractivity contribution in [2.45, 2.75) is 17.0 Å². The Labute approximate surface area is 217 Å². The molecule has 0 aliphatic heterocycles. The molecule has 4 rings (SSSR count). The minimum absolute atomic E-state index is 0.0666. The first kappa shape index (κ1) is 26.7. The van der Waals surface area contributed by atoms with Crippen molar-refractivity contribution in [3.05, 3.63) is 134 Å². The average Bonchev–Trinajstić information content (AvgIpc) is 2.80. The van der Waals surface area contributed by atoms with Crippen molar-refractivity contribution < 1.29 is 13.0 Å². The van der Waals surface area contributed by atoms with Crippen LogP contribution in [-0.4, -0.2) is 13.0 Å². The molecule has 176 valence electrons. The Bertz CT molecular complexity index is 1280. The standard InChI is InChI=1S/C19H14Cl3P.C7H8O3S/c20-16-10-4-1-7-13(16)19(23,14-8-2-5-11-17(14)21)15-9-3-6-12-18(15)22;1-6-2-4-7(5-3-6)11(8,9)10/h1-12H,23H2;2-5H,1H3,(H,8,9,10). The van der Waals surface area contributed by atoms with E-state index in [0.717, 1.165) is 22.3 Å². The molecule has 1 N–H and O–H groups in total. The number of hydrogen-bond donors (Lipinski definition) is 1. The third kappa shape index (κ3) is 6.01. The van der Waals surface area contributed by atoms with E-state index in [0.29, 0.717) is 15.1 Å². The summed E-state index contributed by atoms with van der Waals surface area (Å²) in [5, 5.41) is 1.38. The van der Waals surface area contributed by atoms with Gasteiger partial charge >= 0.3 is 0 Å². The van der Waals surface area contributed by atoms with Crippen LogP contribution in [0.4, 0.5) is 0 Å². The highest BCUT2D eigenvalue weighted by atomic mass is 35.5. The lowest BCUT2D eigenvalue weighted by Crippen LogP contribution is -2.23. The van der Waals surface area contributed by atoms with Gasteiger partial charge in [0.05, 0.1) is 10.1 Å². The van der Waals surface area contributed by atoms with Crippen molar-refractivity contribution in [2.75, 3.05) is 0 Å². The zero-order valence-corrected chi connectivity index (χ0v) is 22.4. The van der Waals surface area contributed by atoms with Gasteiger partial charge in [-0.3, -0.25) is 4.55 Å². The lowest BCUT2D eigenvalue weighted by molar-refractivity contribution is 0.483. The summed E-state index contributed by atoms with van der Waals surface area (Å²) in [7, 11) is -1.11. The third-order valence-electron chi connectivity index (χ3n) is 5.21. The van der Waals surface area contributed by atoms with E-state index >= 15 is 0 Å². The summed E-state index contributed by atoms with van der Waals surface area (Å²) in [6.07, 6.45) is 0. The van der Waals surface area contributed by atoms with Gasteiger partial charge in [-0.2, -0.15) is 8.42 Å². The second-order valence-corrected chi connectivity index (χ2v) is 11.0. The van der Waals surface area contributed by atoms with E-state index in [-0.39, 0.29) is 4.90 Å². The van der Waals surface area contributed by atoms with Crippen LogP contribution in [0.1, 0.15) is 22.3 Å². The summed E-state index contributed by atoms with van der Waals surface area (Å²) >= 11 is 19.5. The predicted molar refractivity (Wildman–Crippen MR) is 145 cm³/mol. The van der Waals surface area contributed by atoms with E-state index in [2.05, 4.69) is 9.24 Å². The maximum absolute atomic E-state index is 10.5. The van der Waals surface area contributed by atoms with Crippen molar-refractivity contribution in [1.82, 2.24) is 0 Å². The summed E-state index contributed by atoms with van der Waals surface area (Å²) in [6, 6.07) is 29.3. The van der Waals surface area contributed by atoms with Crippen LogP contribution in [-0.2, 0) is 15.3 Å². The zero-order valence-electron chi connectivity index (χ0n) is 18.1. The molecule has 1 unspecified atom stereocenters. The van der Waals surface area contributed by atoms with Crippen LogP contribution >= 0.6 is 44.0 Å². The fourth-order valence-corrected chi connectivity index (χ4v) is 5.85. The summed E-state index contributed by atoms with van der Waals surface area (Å²) in [5.41, 5.74) is 3.77. The summed E-state index contributed by atoms with van der Waals surface area (Å²) in [5.74, 6) is 0. The van der Waals surface area contributed by atoms with E-state index in [9.17, 15) is 8.42 Å². The van der Waals surface area contributed by atoms with Crippen LogP contribution in [0.15, 0.2) is 102 Å². The minimum Gasteiger partial charge on any atom is -0.282 e. The molecule has 0 bridgehead atoms. The SMILES string of the molecule is Cc1ccc(S(=O)(=O)O)cc1.PC(c1ccccc1Cl)(c1ccccc1Cl)c1ccccc1Cl. The van der Waals surface area contributed by atoms with Gasteiger partial charge in [0.25, 0.3) is 10.1 Å². The lowest BCUT2D eigenvalue weighted by atomic mass is 9.83. The number of aryl methyl sites for hydroxylation is 1. The van der Waals surface area contributed by atoms with Crippen LogP contribution in [0.3, 0.4) is 0 Å². The number of benzene rings is 4. The Balaban J connectivity index is 0.000000248. The largest absolute Gasteiger partial charge is 0.294 e. The molecule has 0 aromatic heterocycles. The molecule has 0 spiro atoms. The smallest absolute Gasteiger partial charge is 0.282 e. The van der Waals surface area contributed by atoms with E-state index in [1.165, 1.54) is 12.1 Å². The highest BCUT2D eigenvalue weighted by molar-refractivity contribution is 7.85. The van der Waals surface area contributed by atoms with Gasteiger partial charge in [-0.05, 0) is 53.9 Å². The molecular formula is C26H22Cl3O3PS. The zero-order chi connectivity index (χ0) is 24.9. The number of hydrogen-bond acceptors (Lipinski definition) is 2.